The quantitative estimate of drug-likeness (QED) is 0.435. The number of ether oxygens (including phenoxy) is 1. The Morgan fingerprint density at radius 2 is 2.50 bits per heavy atom. The molecule has 1 rings (SSSR count). The maximum absolute atomic E-state index is 11.2. The number of methoxy groups -OCH3 is 1. The average Bonchev–Trinajstić information content (AvgIpc) is 2.81. The van der Waals surface area contributed by atoms with Crippen LogP contribution in [0.2, 0.25) is 0 Å². The second-order valence-electron chi connectivity index (χ2n) is 3.05. The standard InChI is InChI=1S/C10H15N3O3/c1-3-8(10(14)15-2)4-5-11-6-9-12-7-16-13-9/h4,7,11H,3,5-6H2,1-2H3. The third-order valence-corrected chi connectivity index (χ3v) is 2.01. The number of hydrogen-bond donors (Lipinski definition) is 1. The Balaban J connectivity index is 2.32. The minimum atomic E-state index is -0.288. The SMILES string of the molecule is CCC(=CCNCc1ncon1)C(=O)OC. The van der Waals surface area contributed by atoms with Crippen LogP contribution in [0.4, 0.5) is 0 Å². The van der Waals surface area contributed by atoms with Crippen molar-refractivity contribution in [3.05, 3.63) is 23.9 Å². The highest BCUT2D eigenvalue weighted by molar-refractivity contribution is 5.88. The summed E-state index contributed by atoms with van der Waals surface area (Å²) in [6.07, 6.45) is 3.72. The predicted molar refractivity (Wildman–Crippen MR) is 56.4 cm³/mol. The van der Waals surface area contributed by atoms with Crippen LogP contribution in [0.5, 0.6) is 0 Å². The monoisotopic (exact) mass is 225 g/mol. The molecule has 16 heavy (non-hydrogen) atoms. The summed E-state index contributed by atoms with van der Waals surface area (Å²) >= 11 is 0. The first kappa shape index (κ1) is 12.4. The molecule has 0 unspecified atom stereocenters. The Morgan fingerprint density at radius 3 is 3.06 bits per heavy atom. The highest BCUT2D eigenvalue weighted by Crippen LogP contribution is 2.01. The van der Waals surface area contributed by atoms with Gasteiger partial charge in [0.15, 0.2) is 5.82 Å². The Morgan fingerprint density at radius 1 is 1.69 bits per heavy atom. The van der Waals surface area contributed by atoms with Crippen LogP contribution in [-0.4, -0.2) is 29.8 Å². The van der Waals surface area contributed by atoms with Crippen LogP contribution in [0.25, 0.3) is 0 Å². The summed E-state index contributed by atoms with van der Waals surface area (Å²) in [6, 6.07) is 0. The van der Waals surface area contributed by atoms with Crippen LogP contribution < -0.4 is 5.32 Å². The summed E-state index contributed by atoms with van der Waals surface area (Å²) in [4.78, 5) is 15.1. The van der Waals surface area contributed by atoms with Crippen molar-refractivity contribution >= 4 is 5.97 Å². The van der Waals surface area contributed by atoms with Crippen molar-refractivity contribution in [1.82, 2.24) is 15.5 Å². The topological polar surface area (TPSA) is 77.3 Å². The van der Waals surface area contributed by atoms with Crippen molar-refractivity contribution in [2.75, 3.05) is 13.7 Å². The molecule has 0 aliphatic rings. The number of carbonyl (C=O) groups is 1. The van der Waals surface area contributed by atoms with Crippen LogP contribution in [0.15, 0.2) is 22.6 Å². The minimum Gasteiger partial charge on any atom is -0.466 e. The number of nitrogens with zero attached hydrogens (tertiary/aromatic N) is 2. The van der Waals surface area contributed by atoms with Crippen LogP contribution in [0, 0.1) is 0 Å². The van der Waals surface area contributed by atoms with Gasteiger partial charge in [-0.25, -0.2) is 4.79 Å². The van der Waals surface area contributed by atoms with Gasteiger partial charge in [0, 0.05) is 12.1 Å². The third-order valence-electron chi connectivity index (χ3n) is 2.01. The lowest BCUT2D eigenvalue weighted by molar-refractivity contribution is -0.136. The van der Waals surface area contributed by atoms with Crippen LogP contribution in [0.1, 0.15) is 19.2 Å². The maximum atomic E-state index is 11.2. The number of aromatic nitrogens is 2. The smallest absolute Gasteiger partial charge is 0.333 e. The van der Waals surface area contributed by atoms with Gasteiger partial charge in [-0.3, -0.25) is 0 Å². The van der Waals surface area contributed by atoms with E-state index >= 15 is 0 Å². The second-order valence-corrected chi connectivity index (χ2v) is 3.05. The molecule has 0 aliphatic heterocycles. The number of carbonyl (C=O) groups excluding carboxylic acids is 1. The van der Waals surface area contributed by atoms with Crippen molar-refractivity contribution < 1.29 is 14.1 Å². The van der Waals surface area contributed by atoms with Crippen LogP contribution in [-0.2, 0) is 16.1 Å². The molecule has 6 heteroatoms. The average molecular weight is 225 g/mol. The minimum absolute atomic E-state index is 0.288. The van der Waals surface area contributed by atoms with E-state index in [1.54, 1.807) is 6.08 Å². The zero-order chi connectivity index (χ0) is 11.8. The molecule has 0 radical (unpaired) electrons. The molecule has 0 amide bonds. The summed E-state index contributed by atoms with van der Waals surface area (Å²) in [7, 11) is 1.37. The first-order valence-electron chi connectivity index (χ1n) is 5.01. The number of hydrogen-bond acceptors (Lipinski definition) is 6. The molecule has 0 fully saturated rings. The van der Waals surface area contributed by atoms with Crippen molar-refractivity contribution in [3.8, 4) is 0 Å². The molecule has 0 aromatic carbocycles. The summed E-state index contributed by atoms with van der Waals surface area (Å²) in [5.41, 5.74) is 0.656. The van der Waals surface area contributed by atoms with E-state index in [-0.39, 0.29) is 5.97 Å². The van der Waals surface area contributed by atoms with Crippen LogP contribution >= 0.6 is 0 Å². The molecule has 88 valence electrons. The molecule has 0 bridgehead atoms. The van der Waals surface area contributed by atoms with Gasteiger partial charge in [-0.15, -0.1) is 0 Å². The van der Waals surface area contributed by atoms with E-state index in [0.29, 0.717) is 30.9 Å². The zero-order valence-corrected chi connectivity index (χ0v) is 9.40. The first-order chi connectivity index (χ1) is 7.77. The van der Waals surface area contributed by atoms with Crippen molar-refractivity contribution in [1.29, 1.82) is 0 Å². The van der Waals surface area contributed by atoms with Gasteiger partial charge in [0.2, 0.25) is 6.39 Å². The fourth-order valence-electron chi connectivity index (χ4n) is 1.15. The van der Waals surface area contributed by atoms with Gasteiger partial charge in [0.05, 0.1) is 13.7 Å². The maximum Gasteiger partial charge on any atom is 0.333 e. The normalized spacial score (nSPS) is 11.5. The highest BCUT2D eigenvalue weighted by atomic mass is 16.5. The first-order valence-corrected chi connectivity index (χ1v) is 5.01. The molecular formula is C10H15N3O3. The number of esters is 1. The lowest BCUT2D eigenvalue weighted by Gasteiger charge is -2.02. The summed E-state index contributed by atoms with van der Waals surface area (Å²) in [5.74, 6) is 0.299. The molecule has 0 saturated carbocycles. The summed E-state index contributed by atoms with van der Waals surface area (Å²) in [6.45, 7) is 2.97. The van der Waals surface area contributed by atoms with Gasteiger partial charge in [0.25, 0.3) is 0 Å². The van der Waals surface area contributed by atoms with E-state index in [2.05, 4.69) is 24.7 Å². The van der Waals surface area contributed by atoms with Crippen molar-refractivity contribution in [2.45, 2.75) is 19.9 Å². The van der Waals surface area contributed by atoms with Gasteiger partial charge < -0.3 is 14.6 Å². The zero-order valence-electron chi connectivity index (χ0n) is 9.40. The number of nitrogens with one attached hydrogen (secondary N) is 1. The molecule has 1 aromatic heterocycles. The molecule has 0 spiro atoms. The van der Waals surface area contributed by atoms with E-state index in [1.165, 1.54) is 13.5 Å². The molecule has 6 nitrogen and oxygen atoms in total. The van der Waals surface area contributed by atoms with E-state index in [1.807, 2.05) is 6.92 Å². The lowest BCUT2D eigenvalue weighted by Crippen LogP contribution is -2.15. The fraction of sp³-hybridized carbons (Fsp3) is 0.500. The van der Waals surface area contributed by atoms with Gasteiger partial charge >= 0.3 is 5.97 Å². The van der Waals surface area contributed by atoms with Gasteiger partial charge in [-0.2, -0.15) is 4.98 Å². The summed E-state index contributed by atoms with van der Waals surface area (Å²) < 4.78 is 9.21. The predicted octanol–water partition coefficient (Wildman–Crippen LogP) is 0.669. The highest BCUT2D eigenvalue weighted by Gasteiger charge is 2.05. The largest absolute Gasteiger partial charge is 0.466 e. The molecule has 1 N–H and O–H groups in total. The Hall–Kier alpha value is -1.69. The Kier molecular flexibility index (Phi) is 5.21. The van der Waals surface area contributed by atoms with Gasteiger partial charge in [-0.05, 0) is 6.42 Å². The van der Waals surface area contributed by atoms with E-state index < -0.39 is 0 Å². The van der Waals surface area contributed by atoms with E-state index in [9.17, 15) is 4.79 Å². The molecule has 0 atom stereocenters. The third kappa shape index (κ3) is 3.82. The van der Waals surface area contributed by atoms with Crippen molar-refractivity contribution in [2.24, 2.45) is 0 Å². The molecular weight excluding hydrogens is 210 g/mol. The van der Waals surface area contributed by atoms with E-state index in [0.717, 1.165) is 0 Å². The molecule has 1 aromatic rings. The fourth-order valence-corrected chi connectivity index (χ4v) is 1.15. The Labute approximate surface area is 93.7 Å². The van der Waals surface area contributed by atoms with Crippen molar-refractivity contribution in [3.63, 3.8) is 0 Å². The van der Waals surface area contributed by atoms with Gasteiger partial charge in [0.1, 0.15) is 0 Å². The summed E-state index contributed by atoms with van der Waals surface area (Å²) in [5, 5.41) is 6.71. The number of rotatable bonds is 6. The molecule has 0 aliphatic carbocycles. The lowest BCUT2D eigenvalue weighted by atomic mass is 10.2. The van der Waals surface area contributed by atoms with Crippen LogP contribution in [0.3, 0.4) is 0 Å². The second kappa shape index (κ2) is 6.73. The molecule has 1 heterocycles. The van der Waals surface area contributed by atoms with Gasteiger partial charge in [-0.1, -0.05) is 18.2 Å². The van der Waals surface area contributed by atoms with E-state index in [4.69, 9.17) is 0 Å². The molecule has 0 saturated heterocycles. The Bertz CT molecular complexity index is 346.